The van der Waals surface area contributed by atoms with Gasteiger partial charge in [-0.3, -0.25) is 9.69 Å². The first kappa shape index (κ1) is 26.1. The van der Waals surface area contributed by atoms with Gasteiger partial charge in [0, 0.05) is 13.0 Å². The van der Waals surface area contributed by atoms with E-state index in [1.807, 2.05) is 46.1 Å². The van der Waals surface area contributed by atoms with Gasteiger partial charge in [0.1, 0.15) is 11.3 Å². The molecule has 0 spiro atoms. The van der Waals surface area contributed by atoms with Crippen LogP contribution in [0, 0.1) is 6.92 Å². The van der Waals surface area contributed by atoms with Gasteiger partial charge in [0.15, 0.2) is 15.0 Å². The second-order valence-electron chi connectivity index (χ2n) is 8.47. The molecule has 1 amide bonds. The molecule has 0 aliphatic carbocycles. The Morgan fingerprint density at radius 3 is 2.47 bits per heavy atom. The molecule has 0 bridgehead atoms. The molecule has 0 aliphatic rings. The van der Waals surface area contributed by atoms with Gasteiger partial charge in [0.05, 0.1) is 22.0 Å². The Labute approximate surface area is 206 Å². The van der Waals surface area contributed by atoms with E-state index in [1.54, 1.807) is 29.2 Å². The highest BCUT2D eigenvalue weighted by Gasteiger charge is 2.22. The van der Waals surface area contributed by atoms with Gasteiger partial charge in [0.2, 0.25) is 5.91 Å². The summed E-state index contributed by atoms with van der Waals surface area (Å²) in [6.07, 6.45) is 1.18. The number of para-hydroxylation sites is 1. The Hall–Kier alpha value is -2.49. The first-order valence-electron chi connectivity index (χ1n) is 11.5. The number of fused-ring (bicyclic) bond motifs is 1. The lowest BCUT2D eigenvalue weighted by Gasteiger charge is -2.21. The molecule has 184 valence electrons. The Balaban J connectivity index is 1.74. The molecule has 0 aliphatic heterocycles. The van der Waals surface area contributed by atoms with Gasteiger partial charge in [0.25, 0.3) is 0 Å². The van der Waals surface area contributed by atoms with Crippen LogP contribution >= 0.6 is 11.3 Å². The molecule has 0 saturated carbocycles. The van der Waals surface area contributed by atoms with Gasteiger partial charge in [-0.05, 0) is 71.6 Å². The molecule has 0 fully saturated rings. The van der Waals surface area contributed by atoms with Crippen LogP contribution in [-0.2, 0) is 14.6 Å². The summed E-state index contributed by atoms with van der Waals surface area (Å²) >= 11 is 1.45. The lowest BCUT2D eigenvalue weighted by Crippen LogP contribution is -2.33. The van der Waals surface area contributed by atoms with E-state index < -0.39 is 9.84 Å². The number of rotatable bonds is 12. The van der Waals surface area contributed by atoms with Crippen molar-refractivity contribution in [2.24, 2.45) is 0 Å². The molecule has 34 heavy (non-hydrogen) atoms. The number of aryl methyl sites for hydroxylation is 1. The molecule has 0 unspecified atom stereocenters. The minimum atomic E-state index is -3.43. The number of amides is 1. The van der Waals surface area contributed by atoms with Crippen LogP contribution in [0.25, 0.3) is 10.2 Å². The van der Waals surface area contributed by atoms with E-state index in [1.165, 1.54) is 11.3 Å². The Morgan fingerprint density at radius 2 is 1.79 bits per heavy atom. The molecular weight excluding hydrogens is 470 g/mol. The van der Waals surface area contributed by atoms with E-state index >= 15 is 0 Å². The van der Waals surface area contributed by atoms with Gasteiger partial charge < -0.3 is 9.64 Å². The average Bonchev–Trinajstić information content (AvgIpc) is 3.21. The van der Waals surface area contributed by atoms with E-state index in [9.17, 15) is 13.2 Å². The van der Waals surface area contributed by atoms with Crippen molar-refractivity contribution in [1.82, 2.24) is 9.88 Å². The van der Waals surface area contributed by atoms with Gasteiger partial charge in [-0.2, -0.15) is 0 Å². The number of carbonyl (C=O) groups excluding carboxylic acids is 1. The lowest BCUT2D eigenvalue weighted by atomic mass is 10.2. The van der Waals surface area contributed by atoms with E-state index in [2.05, 4.69) is 4.90 Å². The van der Waals surface area contributed by atoms with Crippen LogP contribution < -0.4 is 9.64 Å². The van der Waals surface area contributed by atoms with Crippen molar-refractivity contribution in [3.63, 3.8) is 0 Å². The standard InChI is InChI=1S/C25H33N3O4S2/c1-5-32-21-9-6-10-22-24(21)26-25(33-22)28(17-8-16-27(3)4)23(29)11-7-18-34(30,31)20-14-12-19(2)13-15-20/h6,9-10,12-15H,5,7-8,11,16-18H2,1-4H3. The zero-order chi connectivity index (χ0) is 24.7. The zero-order valence-corrected chi connectivity index (χ0v) is 21.9. The second-order valence-corrected chi connectivity index (χ2v) is 11.6. The third kappa shape index (κ3) is 6.77. The normalized spacial score (nSPS) is 11.8. The fourth-order valence-corrected chi connectivity index (χ4v) is 5.92. The number of aromatic nitrogens is 1. The molecule has 7 nitrogen and oxygen atoms in total. The van der Waals surface area contributed by atoms with Crippen LogP contribution in [0.2, 0.25) is 0 Å². The summed E-state index contributed by atoms with van der Waals surface area (Å²) in [5, 5.41) is 0.618. The number of carbonyl (C=O) groups is 1. The summed E-state index contributed by atoms with van der Waals surface area (Å²) in [6, 6.07) is 12.6. The molecule has 0 saturated heterocycles. The molecule has 2 aromatic carbocycles. The third-order valence-corrected chi connectivity index (χ3v) is 8.23. The van der Waals surface area contributed by atoms with Crippen LogP contribution in [-0.4, -0.2) is 63.8 Å². The highest BCUT2D eigenvalue weighted by Crippen LogP contribution is 2.34. The van der Waals surface area contributed by atoms with E-state index in [0.29, 0.717) is 28.9 Å². The van der Waals surface area contributed by atoms with Crippen molar-refractivity contribution in [2.75, 3.05) is 44.4 Å². The molecule has 9 heteroatoms. The summed E-state index contributed by atoms with van der Waals surface area (Å²) < 4.78 is 32.0. The second kappa shape index (κ2) is 11.8. The van der Waals surface area contributed by atoms with Gasteiger partial charge in [-0.25, -0.2) is 13.4 Å². The Bertz CT molecular complexity index is 1200. The highest BCUT2D eigenvalue weighted by molar-refractivity contribution is 7.91. The summed E-state index contributed by atoms with van der Waals surface area (Å²) in [5.41, 5.74) is 1.75. The fraction of sp³-hybridized carbons (Fsp3) is 0.440. The molecule has 3 aromatic rings. The molecule has 1 aromatic heterocycles. The highest BCUT2D eigenvalue weighted by atomic mass is 32.2. The van der Waals surface area contributed by atoms with Crippen molar-refractivity contribution in [3.05, 3.63) is 48.0 Å². The summed E-state index contributed by atoms with van der Waals surface area (Å²) in [7, 11) is 0.558. The predicted molar refractivity (Wildman–Crippen MR) is 139 cm³/mol. The van der Waals surface area contributed by atoms with E-state index in [0.717, 1.165) is 28.7 Å². The quantitative estimate of drug-likeness (QED) is 0.361. The van der Waals surface area contributed by atoms with Crippen LogP contribution in [0.4, 0.5) is 5.13 Å². The number of anilines is 1. The minimum absolute atomic E-state index is 0.0678. The zero-order valence-electron chi connectivity index (χ0n) is 20.3. The maximum Gasteiger partial charge on any atom is 0.228 e. The van der Waals surface area contributed by atoms with Crippen LogP contribution in [0.1, 0.15) is 31.7 Å². The monoisotopic (exact) mass is 503 g/mol. The Morgan fingerprint density at radius 1 is 1.06 bits per heavy atom. The van der Waals surface area contributed by atoms with Crippen molar-refractivity contribution in [3.8, 4) is 5.75 Å². The van der Waals surface area contributed by atoms with Crippen LogP contribution in [0.15, 0.2) is 47.4 Å². The van der Waals surface area contributed by atoms with Crippen LogP contribution in [0.3, 0.4) is 0 Å². The smallest absolute Gasteiger partial charge is 0.228 e. The molecule has 0 radical (unpaired) electrons. The van der Waals surface area contributed by atoms with Gasteiger partial charge in [-0.15, -0.1) is 0 Å². The van der Waals surface area contributed by atoms with Crippen molar-refractivity contribution in [2.45, 2.75) is 38.0 Å². The minimum Gasteiger partial charge on any atom is -0.492 e. The number of thiazole rings is 1. The first-order valence-corrected chi connectivity index (χ1v) is 13.9. The van der Waals surface area contributed by atoms with Gasteiger partial charge in [-0.1, -0.05) is 35.1 Å². The maximum absolute atomic E-state index is 13.2. The molecular formula is C25H33N3O4S2. The molecule has 1 heterocycles. The topological polar surface area (TPSA) is 79.8 Å². The van der Waals surface area contributed by atoms with Crippen molar-refractivity contribution < 1.29 is 17.9 Å². The first-order chi connectivity index (χ1) is 16.2. The summed E-state index contributed by atoms with van der Waals surface area (Å²) in [6.45, 7) is 5.73. The van der Waals surface area contributed by atoms with Gasteiger partial charge >= 0.3 is 0 Å². The van der Waals surface area contributed by atoms with Crippen molar-refractivity contribution >= 4 is 42.4 Å². The maximum atomic E-state index is 13.2. The average molecular weight is 504 g/mol. The fourth-order valence-electron chi connectivity index (χ4n) is 3.58. The largest absolute Gasteiger partial charge is 0.492 e. The molecule has 3 rings (SSSR count). The van der Waals surface area contributed by atoms with Crippen molar-refractivity contribution in [1.29, 1.82) is 0 Å². The molecule has 0 atom stereocenters. The number of sulfone groups is 1. The number of ether oxygens (including phenoxy) is 1. The number of benzene rings is 2. The van der Waals surface area contributed by atoms with Crippen LogP contribution in [0.5, 0.6) is 5.75 Å². The number of hydrogen-bond donors (Lipinski definition) is 0. The SMILES string of the molecule is CCOc1cccc2sc(N(CCCN(C)C)C(=O)CCCS(=O)(=O)c3ccc(C)cc3)nc12. The summed E-state index contributed by atoms with van der Waals surface area (Å²) in [5.74, 6) is 0.518. The Kier molecular flexibility index (Phi) is 9.04. The summed E-state index contributed by atoms with van der Waals surface area (Å²) in [4.78, 5) is 22.0. The number of hydrogen-bond acceptors (Lipinski definition) is 7. The van der Waals surface area contributed by atoms with E-state index in [-0.39, 0.29) is 24.5 Å². The molecule has 0 N–H and O–H groups in total. The predicted octanol–water partition coefficient (Wildman–Crippen LogP) is 4.54. The third-order valence-electron chi connectivity index (χ3n) is 5.37. The number of nitrogens with zero attached hydrogens (tertiary/aromatic N) is 3. The lowest BCUT2D eigenvalue weighted by molar-refractivity contribution is -0.118. The van der Waals surface area contributed by atoms with E-state index in [4.69, 9.17) is 9.72 Å².